The molecule has 2 heterocycles. The van der Waals surface area contributed by atoms with Crippen LogP contribution in [0.5, 0.6) is 0 Å². The van der Waals surface area contributed by atoms with E-state index in [4.69, 9.17) is 10.2 Å². The van der Waals surface area contributed by atoms with Gasteiger partial charge in [-0.25, -0.2) is 4.79 Å². The lowest BCUT2D eigenvalue weighted by Crippen LogP contribution is -2.42. The van der Waals surface area contributed by atoms with E-state index in [9.17, 15) is 19.2 Å². The molecule has 0 aliphatic carbocycles. The summed E-state index contributed by atoms with van der Waals surface area (Å²) >= 11 is 0. The number of nitrogen functional groups attached to an aromatic ring is 1. The maximum atomic E-state index is 13.7. The summed E-state index contributed by atoms with van der Waals surface area (Å²) in [4.78, 5) is 54.9. The van der Waals surface area contributed by atoms with Crippen molar-refractivity contribution < 1.29 is 14.0 Å². The van der Waals surface area contributed by atoms with Gasteiger partial charge in [0.15, 0.2) is 11.4 Å². The number of nitrogens with zero attached hydrogens (tertiary/aromatic N) is 2. The van der Waals surface area contributed by atoms with Crippen molar-refractivity contribution in [2.24, 2.45) is 5.92 Å². The third-order valence-corrected chi connectivity index (χ3v) is 5.49. The van der Waals surface area contributed by atoms with E-state index in [2.05, 4.69) is 10.3 Å². The van der Waals surface area contributed by atoms with Crippen LogP contribution in [0.15, 0.2) is 50.6 Å². The Hall–Kier alpha value is -4.08. The Balaban J connectivity index is 2.04. The van der Waals surface area contributed by atoms with Crippen molar-refractivity contribution in [3.05, 3.63) is 74.3 Å². The van der Waals surface area contributed by atoms with Gasteiger partial charge in [0.2, 0.25) is 0 Å². The van der Waals surface area contributed by atoms with E-state index < -0.39 is 23.1 Å². The Labute approximate surface area is 202 Å². The van der Waals surface area contributed by atoms with Crippen LogP contribution >= 0.6 is 0 Å². The second-order valence-electron chi connectivity index (χ2n) is 8.77. The zero-order chi connectivity index (χ0) is 25.7. The Morgan fingerprint density at radius 2 is 1.97 bits per heavy atom. The summed E-state index contributed by atoms with van der Waals surface area (Å²) < 4.78 is 6.42. The number of hydrogen-bond acceptors (Lipinski definition) is 6. The molecule has 0 saturated carbocycles. The van der Waals surface area contributed by atoms with Crippen LogP contribution in [0.2, 0.25) is 0 Å². The third kappa shape index (κ3) is 5.71. The Morgan fingerprint density at radius 3 is 2.60 bits per heavy atom. The number of unbranched alkanes of at least 4 members (excludes halogenated alkanes) is 1. The molecule has 186 valence electrons. The maximum Gasteiger partial charge on any atom is 0.330 e. The lowest BCUT2D eigenvalue weighted by Gasteiger charge is -2.26. The fourth-order valence-corrected chi connectivity index (χ4v) is 3.65. The first-order valence-electron chi connectivity index (χ1n) is 11.5. The molecule has 0 aliphatic heterocycles. The van der Waals surface area contributed by atoms with Crippen molar-refractivity contribution in [2.45, 2.75) is 47.1 Å². The summed E-state index contributed by atoms with van der Waals surface area (Å²) in [5.41, 5.74) is 6.28. The quantitative estimate of drug-likeness (QED) is 0.427. The SMILES string of the molecule is CCCCn1c(N)c(N(CC(C)C)C(=O)c2ccc(C)c(NC(=O)c3ccco3)c2)c(=O)[nH]c1=O. The molecular weight excluding hydrogens is 450 g/mol. The van der Waals surface area contributed by atoms with Gasteiger partial charge in [0.1, 0.15) is 5.82 Å². The lowest BCUT2D eigenvalue weighted by molar-refractivity contribution is 0.0978. The molecule has 0 atom stereocenters. The number of hydrogen-bond donors (Lipinski definition) is 3. The summed E-state index contributed by atoms with van der Waals surface area (Å²) in [5, 5.41) is 2.75. The summed E-state index contributed by atoms with van der Waals surface area (Å²) in [6.07, 6.45) is 2.91. The van der Waals surface area contributed by atoms with Crippen LogP contribution in [0.3, 0.4) is 0 Å². The van der Waals surface area contributed by atoms with E-state index in [0.29, 0.717) is 18.7 Å². The van der Waals surface area contributed by atoms with Gasteiger partial charge in [-0.05, 0) is 49.1 Å². The van der Waals surface area contributed by atoms with E-state index in [1.807, 2.05) is 20.8 Å². The van der Waals surface area contributed by atoms with E-state index in [1.54, 1.807) is 31.2 Å². The first-order chi connectivity index (χ1) is 16.6. The van der Waals surface area contributed by atoms with Crippen molar-refractivity contribution in [1.82, 2.24) is 9.55 Å². The van der Waals surface area contributed by atoms with Gasteiger partial charge in [-0.1, -0.05) is 33.3 Å². The summed E-state index contributed by atoms with van der Waals surface area (Å²) in [6, 6.07) is 8.00. The monoisotopic (exact) mass is 481 g/mol. The van der Waals surface area contributed by atoms with Crippen LogP contribution in [0.25, 0.3) is 0 Å². The molecule has 0 aliphatic rings. The molecule has 4 N–H and O–H groups in total. The molecule has 10 nitrogen and oxygen atoms in total. The second-order valence-corrected chi connectivity index (χ2v) is 8.77. The largest absolute Gasteiger partial charge is 0.459 e. The van der Waals surface area contributed by atoms with Crippen LogP contribution < -0.4 is 27.2 Å². The van der Waals surface area contributed by atoms with Gasteiger partial charge in [0, 0.05) is 24.3 Å². The van der Waals surface area contributed by atoms with Gasteiger partial charge in [-0.2, -0.15) is 0 Å². The van der Waals surface area contributed by atoms with Gasteiger partial charge >= 0.3 is 5.69 Å². The lowest BCUT2D eigenvalue weighted by atomic mass is 10.1. The molecule has 0 spiro atoms. The molecule has 0 saturated heterocycles. The summed E-state index contributed by atoms with van der Waals surface area (Å²) in [5.74, 6) is -0.858. The first-order valence-corrected chi connectivity index (χ1v) is 11.5. The third-order valence-electron chi connectivity index (χ3n) is 5.49. The predicted molar refractivity (Wildman–Crippen MR) is 135 cm³/mol. The van der Waals surface area contributed by atoms with Crippen molar-refractivity contribution >= 4 is 29.0 Å². The highest BCUT2D eigenvalue weighted by molar-refractivity contribution is 6.09. The van der Waals surface area contributed by atoms with Crippen LogP contribution in [-0.2, 0) is 6.54 Å². The number of carbonyl (C=O) groups is 2. The summed E-state index contributed by atoms with van der Waals surface area (Å²) in [7, 11) is 0. The minimum Gasteiger partial charge on any atom is -0.459 e. The minimum atomic E-state index is -0.729. The average Bonchev–Trinajstić information content (AvgIpc) is 3.34. The van der Waals surface area contributed by atoms with Crippen molar-refractivity contribution in [2.75, 3.05) is 22.5 Å². The molecular formula is C25H31N5O5. The fourth-order valence-electron chi connectivity index (χ4n) is 3.65. The normalized spacial score (nSPS) is 11.0. The van der Waals surface area contributed by atoms with E-state index >= 15 is 0 Å². The maximum absolute atomic E-state index is 13.7. The molecule has 0 bridgehead atoms. The number of rotatable bonds is 9. The Morgan fingerprint density at radius 1 is 1.23 bits per heavy atom. The molecule has 1 aromatic carbocycles. The van der Waals surface area contributed by atoms with E-state index in [-0.39, 0.29) is 35.3 Å². The van der Waals surface area contributed by atoms with Gasteiger partial charge in [-0.3, -0.25) is 23.9 Å². The van der Waals surface area contributed by atoms with E-state index in [0.717, 1.165) is 12.0 Å². The molecule has 0 radical (unpaired) electrons. The molecule has 2 amide bonds. The Bertz CT molecular complexity index is 1320. The molecule has 3 rings (SSSR count). The number of anilines is 3. The number of amides is 2. The Kier molecular flexibility index (Phi) is 7.95. The standard InChI is InChI=1S/C25H31N5O5/c1-5-6-11-29-21(26)20(23(32)28-25(29)34)30(14-15(2)3)24(33)17-10-9-16(4)18(13-17)27-22(31)19-8-7-12-35-19/h7-10,12-13,15H,5-6,11,14,26H2,1-4H3,(H,27,31)(H,28,32,34). The smallest absolute Gasteiger partial charge is 0.330 e. The van der Waals surface area contributed by atoms with Crippen LogP contribution in [0.4, 0.5) is 17.2 Å². The van der Waals surface area contributed by atoms with Gasteiger partial charge < -0.3 is 20.4 Å². The molecule has 3 aromatic rings. The van der Waals surface area contributed by atoms with Crippen molar-refractivity contribution in [3.63, 3.8) is 0 Å². The number of benzene rings is 1. The van der Waals surface area contributed by atoms with Crippen LogP contribution in [0, 0.1) is 12.8 Å². The number of aryl methyl sites for hydroxylation is 1. The highest BCUT2D eigenvalue weighted by Crippen LogP contribution is 2.24. The average molecular weight is 482 g/mol. The topological polar surface area (TPSA) is 143 Å². The number of nitrogens with two attached hydrogens (primary N) is 1. The van der Waals surface area contributed by atoms with Crippen molar-refractivity contribution in [3.8, 4) is 0 Å². The number of furan rings is 1. The fraction of sp³-hybridized carbons (Fsp3) is 0.360. The zero-order valence-corrected chi connectivity index (χ0v) is 20.4. The van der Waals surface area contributed by atoms with Gasteiger partial charge in [-0.15, -0.1) is 0 Å². The van der Waals surface area contributed by atoms with Crippen LogP contribution in [0.1, 0.15) is 60.1 Å². The molecule has 0 fully saturated rings. The first kappa shape index (κ1) is 25.5. The highest BCUT2D eigenvalue weighted by atomic mass is 16.3. The number of H-pyrrole nitrogens is 1. The molecule has 10 heteroatoms. The van der Waals surface area contributed by atoms with Crippen molar-refractivity contribution in [1.29, 1.82) is 0 Å². The number of carbonyl (C=O) groups excluding carboxylic acids is 2. The molecule has 35 heavy (non-hydrogen) atoms. The number of aromatic amines is 1. The van der Waals surface area contributed by atoms with E-state index in [1.165, 1.54) is 21.8 Å². The number of nitrogens with one attached hydrogen (secondary N) is 2. The second kappa shape index (κ2) is 10.9. The van der Waals surface area contributed by atoms with Crippen LogP contribution in [-0.4, -0.2) is 27.9 Å². The van der Waals surface area contributed by atoms with Gasteiger partial charge in [0.05, 0.1) is 6.26 Å². The molecule has 2 aromatic heterocycles. The highest BCUT2D eigenvalue weighted by Gasteiger charge is 2.26. The minimum absolute atomic E-state index is 0.00246. The zero-order valence-electron chi connectivity index (χ0n) is 20.4. The predicted octanol–water partition coefficient (Wildman–Crippen LogP) is 3.38. The van der Waals surface area contributed by atoms with Gasteiger partial charge in [0.25, 0.3) is 17.4 Å². The molecule has 0 unspecified atom stereocenters. The number of aromatic nitrogens is 2. The summed E-state index contributed by atoms with van der Waals surface area (Å²) in [6.45, 7) is 8.10.